The van der Waals surface area contributed by atoms with Crippen LogP contribution >= 0.6 is 11.8 Å². The maximum absolute atomic E-state index is 14.3. The molecule has 0 aromatic heterocycles. The van der Waals surface area contributed by atoms with E-state index in [9.17, 15) is 33.6 Å². The molecule has 4 rings (SSSR count). The molecule has 0 radical (unpaired) electrons. The topological polar surface area (TPSA) is 243 Å². The summed E-state index contributed by atoms with van der Waals surface area (Å²) >= 11 is 1.39. The van der Waals surface area contributed by atoms with Crippen LogP contribution in [-0.4, -0.2) is 96.7 Å². The number of hydrogen-bond acceptors (Lipinski definition) is 12. The molecule has 0 unspecified atom stereocenters. The number of ether oxygens (including phenoxy) is 4. The predicted octanol–water partition coefficient (Wildman–Crippen LogP) is 6.04. The first-order chi connectivity index (χ1) is 32.7. The highest BCUT2D eigenvalue weighted by Crippen LogP contribution is 2.48. The van der Waals surface area contributed by atoms with Gasteiger partial charge in [0.05, 0.1) is 11.3 Å². The molecule has 69 heavy (non-hydrogen) atoms. The maximum atomic E-state index is 14.3. The number of carbonyl (C=O) groups is 7. The van der Waals surface area contributed by atoms with Gasteiger partial charge in [0.25, 0.3) is 0 Å². The monoisotopic (exact) mass is 966 g/mol. The van der Waals surface area contributed by atoms with Crippen molar-refractivity contribution in [2.75, 3.05) is 25.4 Å². The normalized spacial score (nSPS) is 12.7. The molecule has 0 aliphatic rings. The van der Waals surface area contributed by atoms with Crippen LogP contribution in [0.15, 0.2) is 128 Å². The molecule has 4 aromatic rings. The summed E-state index contributed by atoms with van der Waals surface area (Å²) in [5.41, 5.74) is 6.93. The van der Waals surface area contributed by atoms with Gasteiger partial charge in [-0.1, -0.05) is 116 Å². The minimum atomic E-state index is -1.35. The molecule has 6 amide bonds. The van der Waals surface area contributed by atoms with Crippen molar-refractivity contribution in [3.63, 3.8) is 0 Å². The summed E-state index contributed by atoms with van der Waals surface area (Å²) in [6, 6.07) is 31.5. The van der Waals surface area contributed by atoms with Gasteiger partial charge in [-0.3, -0.25) is 14.4 Å². The molecule has 0 aliphatic carbocycles. The van der Waals surface area contributed by atoms with Crippen molar-refractivity contribution in [3.05, 3.63) is 150 Å². The van der Waals surface area contributed by atoms with Crippen molar-refractivity contribution in [2.24, 2.45) is 5.73 Å². The van der Waals surface area contributed by atoms with Gasteiger partial charge < -0.3 is 51.3 Å². The van der Waals surface area contributed by atoms with E-state index >= 15 is 0 Å². The molecule has 0 spiro atoms. The molecule has 0 saturated carbocycles. The van der Waals surface area contributed by atoms with Crippen LogP contribution in [0, 0.1) is 0 Å². The third-order valence-electron chi connectivity index (χ3n) is 9.68. The lowest BCUT2D eigenvalue weighted by Crippen LogP contribution is -2.56. The Labute approximate surface area is 407 Å². The molecule has 3 atom stereocenters. The largest absolute Gasteiger partial charge is 0.460 e. The van der Waals surface area contributed by atoms with E-state index in [0.717, 1.165) is 16.7 Å². The van der Waals surface area contributed by atoms with Crippen molar-refractivity contribution >= 4 is 53.7 Å². The molecule has 18 heteroatoms. The zero-order valence-corrected chi connectivity index (χ0v) is 40.5. The van der Waals surface area contributed by atoms with Gasteiger partial charge in [0.15, 0.2) is 0 Å². The number of carbonyl (C=O) groups excluding carboxylic acids is 7. The second-order valence-electron chi connectivity index (χ2n) is 17.6. The molecule has 368 valence electrons. The van der Waals surface area contributed by atoms with Crippen molar-refractivity contribution in [1.82, 2.24) is 26.6 Å². The molecule has 0 bridgehead atoms. The molecular formula is C51H62N6O11S. The van der Waals surface area contributed by atoms with Crippen LogP contribution < -0.4 is 37.1 Å². The number of alkyl carbamates (subject to hydrolysis) is 2. The number of rotatable bonds is 22. The number of nitrogens with one attached hydrogen (secondary N) is 5. The Morgan fingerprint density at radius 3 is 1.58 bits per heavy atom. The SMILES string of the molecule is C=CCOC(=O)[C@H](Cc1ccc(OC(=O)NCC[C@H](NC(=O)OC(C)(C)C)C(=O)N[C@@H](CSC(c2ccccc2)(c2ccccc2)c2ccccc2)C(=O)NCC(N)=O)cc1)NC(=O)OC(C)(C)C. The van der Waals surface area contributed by atoms with Crippen LogP contribution in [0.5, 0.6) is 5.75 Å². The summed E-state index contributed by atoms with van der Waals surface area (Å²) in [5, 5.41) is 12.9. The number of benzene rings is 4. The van der Waals surface area contributed by atoms with Crippen molar-refractivity contribution < 1.29 is 52.5 Å². The van der Waals surface area contributed by atoms with Crippen LogP contribution in [0.4, 0.5) is 14.4 Å². The smallest absolute Gasteiger partial charge is 0.412 e. The van der Waals surface area contributed by atoms with Crippen LogP contribution in [0.2, 0.25) is 0 Å². The highest BCUT2D eigenvalue weighted by Gasteiger charge is 2.39. The van der Waals surface area contributed by atoms with Gasteiger partial charge in [-0.15, -0.1) is 11.8 Å². The number of primary amides is 1. The Kier molecular flexibility index (Phi) is 20.2. The van der Waals surface area contributed by atoms with Gasteiger partial charge in [0.1, 0.15) is 41.7 Å². The number of hydrogen-bond donors (Lipinski definition) is 6. The van der Waals surface area contributed by atoms with Crippen LogP contribution in [0.1, 0.15) is 70.2 Å². The van der Waals surface area contributed by atoms with Crippen molar-refractivity contribution in [1.29, 1.82) is 0 Å². The molecule has 0 fully saturated rings. The van der Waals surface area contributed by atoms with E-state index in [0.29, 0.717) is 5.56 Å². The van der Waals surface area contributed by atoms with Gasteiger partial charge in [-0.2, -0.15) is 0 Å². The van der Waals surface area contributed by atoms with Crippen LogP contribution in [-0.2, 0) is 44.6 Å². The van der Waals surface area contributed by atoms with Gasteiger partial charge in [-0.25, -0.2) is 19.2 Å². The van der Waals surface area contributed by atoms with Crippen molar-refractivity contribution in [2.45, 2.75) is 88.5 Å². The van der Waals surface area contributed by atoms with E-state index in [1.165, 1.54) is 30.0 Å². The molecule has 7 N–H and O–H groups in total. The van der Waals surface area contributed by atoms with Crippen LogP contribution in [0.3, 0.4) is 0 Å². The summed E-state index contributed by atoms with van der Waals surface area (Å²) in [4.78, 5) is 91.3. The predicted molar refractivity (Wildman–Crippen MR) is 262 cm³/mol. The molecule has 0 aliphatic heterocycles. The first kappa shape index (κ1) is 54.3. The standard InChI is InChI=1S/C51H62N6O11S/c1-8-30-65-45(61)40(57-48(64)68-50(5,6)7)31-34-24-26-38(27-25-34)66-46(62)53-29-28-39(56-47(63)67-49(2,3)4)44(60)55-41(43(59)54-32-42(52)58)33-69-51(35-18-12-9-13-19-35,36-20-14-10-15-21-36)37-22-16-11-17-23-37/h8-27,39-41H,1,28-33H2,2-7H3,(H2,52,58)(H,53,62)(H,54,59)(H,55,60)(H,56,63)(H,57,64)/t39-,40-,41-/m0/s1. The number of thioether (sulfide) groups is 1. The second-order valence-corrected chi connectivity index (χ2v) is 18.8. The van der Waals surface area contributed by atoms with E-state index in [2.05, 4.69) is 33.2 Å². The zero-order valence-electron chi connectivity index (χ0n) is 39.7. The van der Waals surface area contributed by atoms with E-state index in [4.69, 9.17) is 24.7 Å². The average Bonchev–Trinajstić information content (AvgIpc) is 3.29. The summed E-state index contributed by atoms with van der Waals surface area (Å²) in [6.45, 7) is 12.8. The highest BCUT2D eigenvalue weighted by atomic mass is 32.2. The van der Waals surface area contributed by atoms with Gasteiger partial charge in [-0.05, 0) is 82.3 Å². The fraction of sp³-hybridized carbons (Fsp3) is 0.353. The van der Waals surface area contributed by atoms with Gasteiger partial charge in [0, 0.05) is 18.7 Å². The lowest BCUT2D eigenvalue weighted by molar-refractivity contribution is -0.145. The molecule has 0 saturated heterocycles. The molecule has 17 nitrogen and oxygen atoms in total. The summed E-state index contributed by atoms with van der Waals surface area (Å²) in [6.07, 6.45) is -1.39. The molecule has 4 aromatic carbocycles. The Morgan fingerprint density at radius 2 is 1.12 bits per heavy atom. The highest BCUT2D eigenvalue weighted by molar-refractivity contribution is 8.00. The number of nitrogens with two attached hydrogens (primary N) is 1. The summed E-state index contributed by atoms with van der Waals surface area (Å²) in [7, 11) is 0. The fourth-order valence-corrected chi connectivity index (χ4v) is 8.28. The number of esters is 1. The third-order valence-corrected chi connectivity index (χ3v) is 11.3. The lowest BCUT2D eigenvalue weighted by atomic mass is 9.84. The van der Waals surface area contributed by atoms with Crippen LogP contribution in [0.25, 0.3) is 0 Å². The van der Waals surface area contributed by atoms with Gasteiger partial charge >= 0.3 is 24.2 Å². The molecular weight excluding hydrogens is 905 g/mol. The molecule has 0 heterocycles. The fourth-order valence-electron chi connectivity index (χ4n) is 6.72. The summed E-state index contributed by atoms with van der Waals surface area (Å²) < 4.78 is 20.5. The first-order valence-electron chi connectivity index (χ1n) is 22.2. The second kappa shape index (κ2) is 25.7. The minimum absolute atomic E-state index is 0.0239. The van der Waals surface area contributed by atoms with E-state index in [1.54, 1.807) is 53.7 Å². The number of amides is 6. The maximum Gasteiger partial charge on any atom is 0.412 e. The summed E-state index contributed by atoms with van der Waals surface area (Å²) in [5.74, 6) is -2.89. The van der Waals surface area contributed by atoms with E-state index in [-0.39, 0.29) is 37.5 Å². The Bertz CT molecular complexity index is 2260. The van der Waals surface area contributed by atoms with E-state index in [1.807, 2.05) is 91.0 Å². The Morgan fingerprint density at radius 1 is 0.623 bits per heavy atom. The quantitative estimate of drug-likeness (QED) is 0.0229. The first-order valence-corrected chi connectivity index (χ1v) is 23.2. The lowest BCUT2D eigenvalue weighted by Gasteiger charge is -2.36. The van der Waals surface area contributed by atoms with Gasteiger partial charge in [0.2, 0.25) is 17.7 Å². The average molecular weight is 967 g/mol. The minimum Gasteiger partial charge on any atom is -0.460 e. The van der Waals surface area contributed by atoms with Crippen molar-refractivity contribution in [3.8, 4) is 5.75 Å². The third kappa shape index (κ3) is 18.0. The van der Waals surface area contributed by atoms with E-state index < -0.39 is 82.6 Å². The Balaban J connectivity index is 1.52. The Hall–Kier alpha value is -7.34. The zero-order chi connectivity index (χ0) is 50.6.